The zero-order valence-corrected chi connectivity index (χ0v) is 13.8. The number of nitrogens with zero attached hydrogens (tertiary/aromatic N) is 4. The van der Waals surface area contributed by atoms with Gasteiger partial charge in [-0.2, -0.15) is 17.4 Å². The Kier molecular flexibility index (Phi) is 5.23. The number of hydrogen-bond acceptors (Lipinski definition) is 4. The monoisotopic (exact) mass is 315 g/mol. The average Bonchev–Trinajstić information content (AvgIpc) is 2.86. The molecule has 0 unspecified atom stereocenters. The van der Waals surface area contributed by atoms with Crippen LogP contribution in [-0.4, -0.2) is 55.0 Å². The molecule has 1 saturated heterocycles. The number of aryl methyl sites for hydroxylation is 1. The van der Waals surface area contributed by atoms with Gasteiger partial charge < -0.3 is 9.47 Å². The maximum absolute atomic E-state index is 12.1. The highest BCUT2D eigenvalue weighted by atomic mass is 32.2. The number of hydrogen-bond donors (Lipinski definition) is 1. The number of piperidine rings is 1. The van der Waals surface area contributed by atoms with Crippen LogP contribution in [-0.2, 0) is 17.3 Å². The molecule has 0 spiro atoms. The summed E-state index contributed by atoms with van der Waals surface area (Å²) >= 11 is 0. The summed E-state index contributed by atoms with van der Waals surface area (Å²) < 4.78 is 30.5. The quantitative estimate of drug-likeness (QED) is 0.833. The molecule has 1 fully saturated rings. The van der Waals surface area contributed by atoms with Gasteiger partial charge in [-0.1, -0.05) is 6.92 Å². The van der Waals surface area contributed by atoms with Gasteiger partial charge >= 0.3 is 0 Å². The molecular weight excluding hydrogens is 290 g/mol. The van der Waals surface area contributed by atoms with Crippen molar-refractivity contribution in [2.45, 2.75) is 32.2 Å². The fraction of sp³-hybridized carbons (Fsp3) is 0.769. The molecule has 0 saturated carbocycles. The summed E-state index contributed by atoms with van der Waals surface area (Å²) in [6, 6.07) is 0.00539. The average molecular weight is 315 g/mol. The summed E-state index contributed by atoms with van der Waals surface area (Å²) in [7, 11) is 0.231. The van der Waals surface area contributed by atoms with E-state index in [-0.39, 0.29) is 6.04 Å². The maximum atomic E-state index is 12.1. The van der Waals surface area contributed by atoms with Crippen LogP contribution in [0.4, 0.5) is 5.95 Å². The first-order valence-corrected chi connectivity index (χ1v) is 8.84. The highest BCUT2D eigenvalue weighted by Gasteiger charge is 2.26. The maximum Gasteiger partial charge on any atom is 0.279 e. The van der Waals surface area contributed by atoms with Crippen LogP contribution in [0.15, 0.2) is 12.4 Å². The van der Waals surface area contributed by atoms with Crippen LogP contribution in [0.2, 0.25) is 0 Å². The molecule has 0 aromatic carbocycles. The minimum atomic E-state index is -3.36. The smallest absolute Gasteiger partial charge is 0.279 e. The van der Waals surface area contributed by atoms with Gasteiger partial charge in [-0.25, -0.2) is 4.98 Å². The van der Waals surface area contributed by atoms with Crippen molar-refractivity contribution in [3.05, 3.63) is 12.4 Å². The summed E-state index contributed by atoms with van der Waals surface area (Å²) in [6.07, 6.45) is 6.11. The van der Waals surface area contributed by atoms with E-state index >= 15 is 0 Å². The highest BCUT2D eigenvalue weighted by molar-refractivity contribution is 7.87. The second-order valence-corrected chi connectivity index (χ2v) is 7.35. The van der Waals surface area contributed by atoms with Gasteiger partial charge in [-0.05, 0) is 19.3 Å². The lowest BCUT2D eigenvalue weighted by atomic mass is 10.1. The van der Waals surface area contributed by atoms with E-state index < -0.39 is 10.2 Å². The molecule has 1 aliphatic rings. The Balaban J connectivity index is 1.88. The van der Waals surface area contributed by atoms with Crippen molar-refractivity contribution in [3.8, 4) is 0 Å². The largest absolute Gasteiger partial charge is 0.342 e. The summed E-state index contributed by atoms with van der Waals surface area (Å²) in [4.78, 5) is 6.53. The third kappa shape index (κ3) is 3.96. The molecule has 1 aliphatic heterocycles. The molecule has 8 heteroatoms. The third-order valence-electron chi connectivity index (χ3n) is 3.84. The summed E-state index contributed by atoms with van der Waals surface area (Å²) in [5, 5.41) is 0. The molecule has 0 radical (unpaired) electrons. The minimum absolute atomic E-state index is 0.00539. The van der Waals surface area contributed by atoms with E-state index in [4.69, 9.17) is 0 Å². The topological polar surface area (TPSA) is 70.5 Å². The van der Waals surface area contributed by atoms with E-state index in [0.29, 0.717) is 6.54 Å². The summed E-state index contributed by atoms with van der Waals surface area (Å²) in [5.74, 6) is 0.944. The predicted octanol–water partition coefficient (Wildman–Crippen LogP) is 0.565. The van der Waals surface area contributed by atoms with Crippen LogP contribution < -0.4 is 9.62 Å². The van der Waals surface area contributed by atoms with Crippen molar-refractivity contribution in [1.82, 2.24) is 18.6 Å². The van der Waals surface area contributed by atoms with Crippen LogP contribution in [0.5, 0.6) is 0 Å². The van der Waals surface area contributed by atoms with Crippen LogP contribution in [0, 0.1) is 0 Å². The molecule has 0 bridgehead atoms. The normalized spacial score (nSPS) is 17.6. The van der Waals surface area contributed by atoms with E-state index in [2.05, 4.69) is 14.6 Å². The zero-order valence-electron chi connectivity index (χ0n) is 13.0. The van der Waals surface area contributed by atoms with Gasteiger partial charge in [0.25, 0.3) is 10.2 Å². The van der Waals surface area contributed by atoms with Gasteiger partial charge in [0, 0.05) is 52.2 Å². The fourth-order valence-corrected chi connectivity index (χ4v) is 3.86. The van der Waals surface area contributed by atoms with Crippen molar-refractivity contribution in [2.24, 2.45) is 7.05 Å². The molecule has 0 atom stereocenters. The number of nitrogens with one attached hydrogen (secondary N) is 1. The molecule has 1 aromatic rings. The molecule has 21 heavy (non-hydrogen) atoms. The van der Waals surface area contributed by atoms with E-state index in [1.54, 1.807) is 13.2 Å². The van der Waals surface area contributed by atoms with E-state index in [9.17, 15) is 8.42 Å². The molecule has 120 valence electrons. The van der Waals surface area contributed by atoms with Crippen molar-refractivity contribution in [2.75, 3.05) is 31.6 Å². The Morgan fingerprint density at radius 3 is 2.62 bits per heavy atom. The molecule has 2 heterocycles. The Labute approximate surface area is 127 Å². The Hall–Kier alpha value is -1.12. The molecule has 1 N–H and O–H groups in total. The molecule has 2 rings (SSSR count). The number of imidazole rings is 1. The van der Waals surface area contributed by atoms with E-state index in [1.807, 2.05) is 24.7 Å². The molecule has 0 aliphatic carbocycles. The number of rotatable bonds is 6. The zero-order chi connectivity index (χ0) is 15.5. The van der Waals surface area contributed by atoms with Gasteiger partial charge in [0.2, 0.25) is 5.95 Å². The van der Waals surface area contributed by atoms with Crippen molar-refractivity contribution in [1.29, 1.82) is 0 Å². The Bertz CT molecular complexity index is 549. The lowest BCUT2D eigenvalue weighted by molar-refractivity contribution is 0.416. The molecule has 0 amide bonds. The van der Waals surface area contributed by atoms with Gasteiger partial charge in [-0.3, -0.25) is 0 Å². The standard InChI is InChI=1S/C13H25N5O2S/c1-4-8-17(3)21(19,20)15-12-5-9-18(10-6-12)13-14-7-11-16(13)2/h7,11-12,15H,4-6,8-10H2,1-3H3. The van der Waals surface area contributed by atoms with Crippen LogP contribution >= 0.6 is 0 Å². The number of anilines is 1. The van der Waals surface area contributed by atoms with Crippen molar-refractivity contribution >= 4 is 16.2 Å². The van der Waals surface area contributed by atoms with Crippen molar-refractivity contribution < 1.29 is 8.42 Å². The Morgan fingerprint density at radius 1 is 1.43 bits per heavy atom. The lowest BCUT2D eigenvalue weighted by Gasteiger charge is -2.33. The van der Waals surface area contributed by atoms with E-state index in [0.717, 1.165) is 38.3 Å². The second kappa shape index (κ2) is 6.76. The molecule has 1 aromatic heterocycles. The number of aromatic nitrogens is 2. The predicted molar refractivity (Wildman–Crippen MR) is 83.4 cm³/mol. The summed E-state index contributed by atoms with van der Waals surface area (Å²) in [6.45, 7) is 4.14. The fourth-order valence-electron chi connectivity index (χ4n) is 2.60. The van der Waals surface area contributed by atoms with Crippen LogP contribution in [0.1, 0.15) is 26.2 Å². The van der Waals surface area contributed by atoms with Gasteiger partial charge in [-0.15, -0.1) is 0 Å². The van der Waals surface area contributed by atoms with Crippen molar-refractivity contribution in [3.63, 3.8) is 0 Å². The van der Waals surface area contributed by atoms with Gasteiger partial charge in [0.05, 0.1) is 0 Å². The van der Waals surface area contributed by atoms with Gasteiger partial charge in [0.15, 0.2) is 0 Å². The first-order valence-electron chi connectivity index (χ1n) is 7.40. The first-order chi connectivity index (χ1) is 9.94. The molecular formula is C13H25N5O2S. The Morgan fingerprint density at radius 2 is 2.10 bits per heavy atom. The van der Waals surface area contributed by atoms with Crippen LogP contribution in [0.25, 0.3) is 0 Å². The SMILES string of the molecule is CCCN(C)S(=O)(=O)NC1CCN(c2nccn2C)CC1. The van der Waals surface area contributed by atoms with Gasteiger partial charge in [0.1, 0.15) is 0 Å². The van der Waals surface area contributed by atoms with E-state index in [1.165, 1.54) is 4.31 Å². The highest BCUT2D eigenvalue weighted by Crippen LogP contribution is 2.18. The molecule has 7 nitrogen and oxygen atoms in total. The first kappa shape index (κ1) is 16.3. The lowest BCUT2D eigenvalue weighted by Crippen LogP contribution is -2.49. The third-order valence-corrected chi connectivity index (χ3v) is 5.47. The van der Waals surface area contributed by atoms with Crippen LogP contribution in [0.3, 0.4) is 0 Å². The minimum Gasteiger partial charge on any atom is -0.342 e. The summed E-state index contributed by atoms with van der Waals surface area (Å²) in [5.41, 5.74) is 0. The second-order valence-electron chi connectivity index (χ2n) is 5.54.